The zero-order valence-corrected chi connectivity index (χ0v) is 6.46. The van der Waals surface area contributed by atoms with E-state index >= 15 is 0 Å². The van der Waals surface area contributed by atoms with Gasteiger partial charge >= 0.3 is 0 Å². The van der Waals surface area contributed by atoms with E-state index in [0.717, 1.165) is 3.53 Å². The van der Waals surface area contributed by atoms with E-state index in [1.54, 1.807) is 17.2 Å². The summed E-state index contributed by atoms with van der Waals surface area (Å²) in [6.07, 6.45) is 1.96. The molecule has 0 aromatic carbocycles. The molecule has 40 valence electrons. The Morgan fingerprint density at radius 1 is 1.86 bits per heavy atom. The Morgan fingerprint density at radius 3 is 2.57 bits per heavy atom. The summed E-state index contributed by atoms with van der Waals surface area (Å²) in [6, 6.07) is 0. The normalized spacial score (nSPS) is 8.14. The first kappa shape index (κ1) is 7.53. The molecule has 0 unspecified atom stereocenters. The van der Waals surface area contributed by atoms with E-state index in [1.807, 2.05) is 6.26 Å². The lowest BCUT2D eigenvalue weighted by Crippen LogP contribution is -1.68. The average Bonchev–Trinajstić information content (AvgIpc) is 1.68. The SMILES string of the molecule is C=CSC(=S)SC. The molecule has 7 heavy (non-hydrogen) atoms. The Labute approximate surface area is 57.7 Å². The van der Waals surface area contributed by atoms with E-state index in [-0.39, 0.29) is 0 Å². The molecule has 0 amide bonds. The van der Waals surface area contributed by atoms with Gasteiger partial charge in [-0.25, -0.2) is 0 Å². The minimum Gasteiger partial charge on any atom is -0.111 e. The van der Waals surface area contributed by atoms with Gasteiger partial charge in [-0.15, -0.1) is 11.8 Å². The summed E-state index contributed by atoms with van der Waals surface area (Å²) < 4.78 is 0.926. The molecule has 0 saturated heterocycles. The van der Waals surface area contributed by atoms with Gasteiger partial charge in [-0.3, -0.25) is 0 Å². The van der Waals surface area contributed by atoms with Gasteiger partial charge in [0.2, 0.25) is 0 Å². The van der Waals surface area contributed by atoms with Crippen molar-refractivity contribution in [3.8, 4) is 0 Å². The summed E-state index contributed by atoms with van der Waals surface area (Å²) in [7, 11) is 0. The van der Waals surface area contributed by atoms with E-state index in [4.69, 9.17) is 12.2 Å². The minimum absolute atomic E-state index is 0.926. The molecule has 0 aromatic rings. The molecular weight excluding hydrogens is 144 g/mol. The average molecular weight is 150 g/mol. The Hall–Kier alpha value is 0.530. The molecule has 0 aliphatic carbocycles. The maximum absolute atomic E-state index is 4.81. The van der Waals surface area contributed by atoms with Crippen LogP contribution >= 0.6 is 35.7 Å². The fourth-order valence-electron chi connectivity index (χ4n) is 0.116. The number of rotatable bonds is 1. The van der Waals surface area contributed by atoms with Crippen molar-refractivity contribution < 1.29 is 0 Å². The van der Waals surface area contributed by atoms with Gasteiger partial charge in [0.1, 0.15) is 3.53 Å². The van der Waals surface area contributed by atoms with Crippen LogP contribution in [0.1, 0.15) is 0 Å². The predicted octanol–water partition coefficient (Wildman–Crippen LogP) is 2.51. The van der Waals surface area contributed by atoms with E-state index < -0.39 is 0 Å². The highest BCUT2D eigenvalue weighted by Crippen LogP contribution is 2.13. The van der Waals surface area contributed by atoms with Crippen LogP contribution in [0.15, 0.2) is 12.0 Å². The zero-order chi connectivity index (χ0) is 5.70. The summed E-state index contributed by atoms with van der Waals surface area (Å²) in [5.41, 5.74) is 0. The van der Waals surface area contributed by atoms with Crippen molar-refractivity contribution in [1.29, 1.82) is 0 Å². The van der Waals surface area contributed by atoms with Crippen LogP contribution in [0.25, 0.3) is 0 Å². The first-order valence-corrected chi connectivity index (χ1v) is 4.18. The third kappa shape index (κ3) is 4.38. The van der Waals surface area contributed by atoms with Crippen LogP contribution in [0.2, 0.25) is 0 Å². The fourth-order valence-corrected chi connectivity index (χ4v) is 1.05. The monoisotopic (exact) mass is 150 g/mol. The van der Waals surface area contributed by atoms with Crippen LogP contribution in [0.4, 0.5) is 0 Å². The molecule has 0 fully saturated rings. The van der Waals surface area contributed by atoms with Gasteiger partial charge < -0.3 is 0 Å². The lowest BCUT2D eigenvalue weighted by atomic mass is 11.3. The van der Waals surface area contributed by atoms with Crippen molar-refractivity contribution in [1.82, 2.24) is 0 Å². The number of hydrogen-bond donors (Lipinski definition) is 0. The molecule has 0 heterocycles. The molecule has 3 heteroatoms. The molecule has 0 atom stereocenters. The van der Waals surface area contributed by atoms with Crippen molar-refractivity contribution in [2.45, 2.75) is 0 Å². The van der Waals surface area contributed by atoms with Crippen molar-refractivity contribution >= 4 is 39.3 Å². The summed E-state index contributed by atoms with van der Waals surface area (Å²) in [4.78, 5) is 0. The molecule has 0 aliphatic rings. The standard InChI is InChI=1S/C4H6S3/c1-3-7-4(5)6-2/h3H,1H2,2H3. The molecule has 0 rings (SSSR count). The zero-order valence-electron chi connectivity index (χ0n) is 4.01. The number of thiocarbonyl (C=S) groups is 1. The van der Waals surface area contributed by atoms with Gasteiger partial charge in [0, 0.05) is 0 Å². The van der Waals surface area contributed by atoms with Gasteiger partial charge in [-0.1, -0.05) is 30.6 Å². The lowest BCUT2D eigenvalue weighted by molar-refractivity contribution is 2.53. The molecule has 0 nitrogen and oxygen atoms in total. The van der Waals surface area contributed by atoms with Gasteiger partial charge in [0.05, 0.1) is 0 Å². The quantitative estimate of drug-likeness (QED) is 0.527. The molecule has 0 spiro atoms. The summed E-state index contributed by atoms with van der Waals surface area (Å²) in [5.74, 6) is 0. The predicted molar refractivity (Wildman–Crippen MR) is 43.9 cm³/mol. The molecule has 0 aromatic heterocycles. The third-order valence-corrected chi connectivity index (χ3v) is 2.62. The van der Waals surface area contributed by atoms with E-state index in [9.17, 15) is 0 Å². The highest BCUT2D eigenvalue weighted by atomic mass is 32.2. The topological polar surface area (TPSA) is 0 Å². The first-order chi connectivity index (χ1) is 3.31. The largest absolute Gasteiger partial charge is 0.111 e. The maximum atomic E-state index is 4.81. The second kappa shape index (κ2) is 4.68. The Kier molecular flexibility index (Phi) is 5.04. The Bertz CT molecular complexity index is 77.0. The molecular formula is C4H6S3. The Balaban J connectivity index is 3.17. The summed E-state index contributed by atoms with van der Waals surface area (Å²) in [5, 5.41) is 1.73. The molecule has 0 N–H and O–H groups in total. The van der Waals surface area contributed by atoms with Crippen molar-refractivity contribution in [2.75, 3.05) is 6.26 Å². The van der Waals surface area contributed by atoms with Gasteiger partial charge in [0.25, 0.3) is 0 Å². The van der Waals surface area contributed by atoms with E-state index in [2.05, 4.69) is 6.58 Å². The highest BCUT2D eigenvalue weighted by molar-refractivity contribution is 8.47. The van der Waals surface area contributed by atoms with Crippen molar-refractivity contribution in [3.63, 3.8) is 0 Å². The highest BCUT2D eigenvalue weighted by Gasteiger charge is 1.85. The smallest absolute Gasteiger partial charge is 0.108 e. The fraction of sp³-hybridized carbons (Fsp3) is 0.250. The maximum Gasteiger partial charge on any atom is 0.108 e. The second-order valence-corrected chi connectivity index (χ2v) is 3.72. The van der Waals surface area contributed by atoms with Crippen LogP contribution in [0.3, 0.4) is 0 Å². The van der Waals surface area contributed by atoms with Gasteiger partial charge in [-0.2, -0.15) is 0 Å². The van der Waals surface area contributed by atoms with Crippen LogP contribution in [-0.2, 0) is 0 Å². The lowest BCUT2D eigenvalue weighted by Gasteiger charge is -1.87. The van der Waals surface area contributed by atoms with Crippen molar-refractivity contribution in [2.24, 2.45) is 0 Å². The van der Waals surface area contributed by atoms with Crippen LogP contribution < -0.4 is 0 Å². The van der Waals surface area contributed by atoms with E-state index in [1.165, 1.54) is 11.8 Å². The summed E-state index contributed by atoms with van der Waals surface area (Å²) >= 11 is 7.87. The second-order valence-electron chi connectivity index (χ2n) is 0.739. The molecule has 0 saturated carbocycles. The summed E-state index contributed by atoms with van der Waals surface area (Å²) in [6.45, 7) is 3.51. The number of hydrogen-bond acceptors (Lipinski definition) is 3. The van der Waals surface area contributed by atoms with Gasteiger partial charge in [-0.05, 0) is 11.7 Å². The number of thioether (sulfide) groups is 2. The van der Waals surface area contributed by atoms with E-state index in [0.29, 0.717) is 0 Å². The van der Waals surface area contributed by atoms with Crippen LogP contribution in [-0.4, -0.2) is 9.78 Å². The van der Waals surface area contributed by atoms with Gasteiger partial charge in [0.15, 0.2) is 0 Å². The van der Waals surface area contributed by atoms with Crippen LogP contribution in [0, 0.1) is 0 Å². The molecule has 0 radical (unpaired) electrons. The molecule has 0 bridgehead atoms. The minimum atomic E-state index is 0.926. The third-order valence-electron chi connectivity index (χ3n) is 0.346. The van der Waals surface area contributed by atoms with Crippen LogP contribution in [0.5, 0.6) is 0 Å². The molecule has 0 aliphatic heterocycles. The Morgan fingerprint density at radius 2 is 2.43 bits per heavy atom. The van der Waals surface area contributed by atoms with Crippen molar-refractivity contribution in [3.05, 3.63) is 12.0 Å². The first-order valence-electron chi connectivity index (χ1n) is 1.66.